The quantitative estimate of drug-likeness (QED) is 0.612. The summed E-state index contributed by atoms with van der Waals surface area (Å²) < 4.78 is 11.7. The number of carbonyl (C=O) groups excluding carboxylic acids is 1. The maximum absolute atomic E-state index is 11.7. The molecule has 0 aromatic rings. The molecule has 3 heteroatoms. The molecule has 0 spiro atoms. The van der Waals surface area contributed by atoms with Gasteiger partial charge in [-0.3, -0.25) is 9.00 Å². The number of Topliss-reactive ketones (excluding diaryl/α,β-unsaturated/α-hetero) is 1. The van der Waals surface area contributed by atoms with Crippen molar-refractivity contribution in [3.63, 3.8) is 0 Å². The second kappa shape index (κ2) is 6.93. The van der Waals surface area contributed by atoms with E-state index in [0.29, 0.717) is 12.3 Å². The summed E-state index contributed by atoms with van der Waals surface area (Å²) in [5.41, 5.74) is 0. The van der Waals surface area contributed by atoms with Crippen LogP contribution in [0.2, 0.25) is 0 Å². The first-order valence-electron chi connectivity index (χ1n) is 5.02. The van der Waals surface area contributed by atoms with Gasteiger partial charge < -0.3 is 0 Å². The minimum Gasteiger partial charge on any atom is -0.299 e. The molecule has 0 rings (SSSR count). The number of allylic oxidation sites excluding steroid dienone is 1. The molecule has 82 valence electrons. The highest BCUT2D eigenvalue weighted by Gasteiger charge is 2.19. The summed E-state index contributed by atoms with van der Waals surface area (Å²) in [5, 5.41) is 0.0727. The molecule has 0 heterocycles. The van der Waals surface area contributed by atoms with Gasteiger partial charge in [0.05, 0.1) is 5.75 Å². The van der Waals surface area contributed by atoms with E-state index in [1.54, 1.807) is 6.92 Å². The molecule has 3 atom stereocenters. The molecule has 0 aliphatic carbocycles. The van der Waals surface area contributed by atoms with Crippen LogP contribution in [0, 0.1) is 5.92 Å². The van der Waals surface area contributed by atoms with E-state index in [1.165, 1.54) is 0 Å². The minimum atomic E-state index is -1.02. The summed E-state index contributed by atoms with van der Waals surface area (Å²) in [6.45, 7) is 9.44. The fourth-order valence-electron chi connectivity index (χ4n) is 1.11. The summed E-state index contributed by atoms with van der Waals surface area (Å²) in [6, 6.07) is 0. The molecule has 0 amide bonds. The van der Waals surface area contributed by atoms with E-state index >= 15 is 0 Å². The van der Waals surface area contributed by atoms with Crippen LogP contribution in [-0.2, 0) is 15.6 Å². The molecular formula is C11H20O2S. The van der Waals surface area contributed by atoms with Crippen LogP contribution >= 0.6 is 0 Å². The lowest BCUT2D eigenvalue weighted by Crippen LogP contribution is -2.24. The first-order valence-corrected chi connectivity index (χ1v) is 6.40. The lowest BCUT2D eigenvalue weighted by Gasteiger charge is -2.17. The van der Waals surface area contributed by atoms with Gasteiger partial charge in [-0.2, -0.15) is 0 Å². The third-order valence-corrected chi connectivity index (χ3v) is 4.35. The van der Waals surface area contributed by atoms with Crippen molar-refractivity contribution in [2.75, 3.05) is 5.75 Å². The predicted molar refractivity (Wildman–Crippen MR) is 61.7 cm³/mol. The highest BCUT2D eigenvalue weighted by Crippen LogP contribution is 2.14. The summed E-state index contributed by atoms with van der Waals surface area (Å²) in [5.74, 6) is 0.623. The lowest BCUT2D eigenvalue weighted by molar-refractivity contribution is -0.116. The van der Waals surface area contributed by atoms with Gasteiger partial charge in [-0.1, -0.05) is 26.8 Å². The third kappa shape index (κ3) is 4.70. The van der Waals surface area contributed by atoms with Crippen LogP contribution in [0.5, 0.6) is 0 Å². The summed E-state index contributed by atoms with van der Waals surface area (Å²) >= 11 is 0. The van der Waals surface area contributed by atoms with Crippen LogP contribution < -0.4 is 0 Å². The molecule has 0 saturated carbocycles. The molecule has 0 N–H and O–H groups in total. The summed E-state index contributed by atoms with van der Waals surface area (Å²) in [7, 11) is -1.02. The van der Waals surface area contributed by atoms with Gasteiger partial charge in [0.25, 0.3) is 0 Å². The smallest absolute Gasteiger partial charge is 0.145 e. The zero-order chi connectivity index (χ0) is 11.1. The van der Waals surface area contributed by atoms with Crippen LogP contribution in [0.4, 0.5) is 0 Å². The largest absolute Gasteiger partial charge is 0.299 e. The molecule has 14 heavy (non-hydrogen) atoms. The van der Waals surface area contributed by atoms with Crippen molar-refractivity contribution in [2.45, 2.75) is 38.9 Å². The fourth-order valence-corrected chi connectivity index (χ4v) is 2.52. The van der Waals surface area contributed by atoms with Crippen LogP contribution in [-0.4, -0.2) is 21.0 Å². The average molecular weight is 216 g/mol. The van der Waals surface area contributed by atoms with Crippen molar-refractivity contribution in [3.05, 3.63) is 12.7 Å². The van der Waals surface area contributed by atoms with E-state index < -0.39 is 10.8 Å². The van der Waals surface area contributed by atoms with Gasteiger partial charge in [0, 0.05) is 22.5 Å². The number of hydrogen-bond donors (Lipinski definition) is 0. The van der Waals surface area contributed by atoms with Crippen molar-refractivity contribution in [1.82, 2.24) is 0 Å². The Morgan fingerprint density at radius 3 is 2.50 bits per heavy atom. The van der Waals surface area contributed by atoms with Gasteiger partial charge in [0.1, 0.15) is 5.78 Å². The van der Waals surface area contributed by atoms with Crippen molar-refractivity contribution in [3.8, 4) is 0 Å². The third-order valence-electron chi connectivity index (χ3n) is 2.45. The zero-order valence-corrected chi connectivity index (χ0v) is 10.1. The van der Waals surface area contributed by atoms with E-state index in [-0.39, 0.29) is 16.8 Å². The van der Waals surface area contributed by atoms with Gasteiger partial charge in [-0.05, 0) is 12.3 Å². The molecule has 0 aromatic heterocycles. The van der Waals surface area contributed by atoms with E-state index in [0.717, 1.165) is 6.42 Å². The van der Waals surface area contributed by atoms with Gasteiger partial charge in [0.2, 0.25) is 0 Å². The molecular weight excluding hydrogens is 196 g/mol. The normalized spacial score (nSPS) is 17.1. The first kappa shape index (κ1) is 13.6. The number of rotatable bonds is 7. The van der Waals surface area contributed by atoms with Crippen molar-refractivity contribution >= 4 is 16.6 Å². The average Bonchev–Trinajstić information content (AvgIpc) is 2.16. The van der Waals surface area contributed by atoms with E-state index in [4.69, 9.17) is 0 Å². The van der Waals surface area contributed by atoms with Crippen molar-refractivity contribution in [2.24, 2.45) is 5.92 Å². The monoisotopic (exact) mass is 216 g/mol. The molecule has 0 fully saturated rings. The Bertz CT molecular complexity index is 223. The Morgan fingerprint density at radius 1 is 1.50 bits per heavy atom. The Kier molecular flexibility index (Phi) is 6.71. The molecule has 0 radical (unpaired) electrons. The highest BCUT2D eigenvalue weighted by atomic mass is 32.2. The van der Waals surface area contributed by atoms with E-state index in [1.807, 2.05) is 19.9 Å². The first-order chi connectivity index (χ1) is 6.52. The second-order valence-corrected chi connectivity index (χ2v) is 5.42. The standard InChI is InChI=1S/C11H20O2S/c1-5-7-9(3)10(4)14(13)8-11(12)6-2/h5,9-10H,1,6-8H2,2-4H3/t9-,10+,14+/m0/s1. The fraction of sp³-hybridized carbons (Fsp3) is 0.727. The van der Waals surface area contributed by atoms with Gasteiger partial charge in [-0.25, -0.2) is 0 Å². The Balaban J connectivity index is 4.10. The van der Waals surface area contributed by atoms with Gasteiger partial charge in [-0.15, -0.1) is 6.58 Å². The molecule has 2 nitrogen and oxygen atoms in total. The molecule has 0 saturated heterocycles. The number of ketones is 1. The predicted octanol–water partition coefficient (Wildman–Crippen LogP) is 2.31. The SMILES string of the molecule is C=CC[C@H](C)[C@@H](C)[S@](=O)CC(=O)CC. The molecule has 0 unspecified atom stereocenters. The minimum absolute atomic E-state index is 0.0727. The van der Waals surface area contributed by atoms with Gasteiger partial charge >= 0.3 is 0 Å². The number of hydrogen-bond acceptors (Lipinski definition) is 2. The van der Waals surface area contributed by atoms with Gasteiger partial charge in [0.15, 0.2) is 0 Å². The lowest BCUT2D eigenvalue weighted by atomic mass is 10.1. The van der Waals surface area contributed by atoms with E-state index in [9.17, 15) is 9.00 Å². The Labute approximate surface area is 89.2 Å². The van der Waals surface area contributed by atoms with Crippen LogP contribution in [0.25, 0.3) is 0 Å². The molecule has 0 aliphatic heterocycles. The molecule has 0 aliphatic rings. The highest BCUT2D eigenvalue weighted by molar-refractivity contribution is 7.86. The van der Waals surface area contributed by atoms with Crippen molar-refractivity contribution < 1.29 is 9.00 Å². The molecule has 0 aromatic carbocycles. The summed E-state index contributed by atoms with van der Waals surface area (Å²) in [4.78, 5) is 11.1. The Morgan fingerprint density at radius 2 is 2.07 bits per heavy atom. The maximum Gasteiger partial charge on any atom is 0.145 e. The maximum atomic E-state index is 11.7. The molecule has 0 bridgehead atoms. The van der Waals surface area contributed by atoms with E-state index in [2.05, 4.69) is 6.58 Å². The number of carbonyl (C=O) groups is 1. The summed E-state index contributed by atoms with van der Waals surface area (Å²) in [6.07, 6.45) is 3.17. The second-order valence-electron chi connectivity index (χ2n) is 3.62. The van der Waals surface area contributed by atoms with Crippen LogP contribution in [0.1, 0.15) is 33.6 Å². The van der Waals surface area contributed by atoms with Crippen molar-refractivity contribution in [1.29, 1.82) is 0 Å². The Hall–Kier alpha value is -0.440. The van der Waals surface area contributed by atoms with Crippen LogP contribution in [0.3, 0.4) is 0 Å². The zero-order valence-electron chi connectivity index (χ0n) is 9.29. The van der Waals surface area contributed by atoms with Crippen LogP contribution in [0.15, 0.2) is 12.7 Å². The topological polar surface area (TPSA) is 34.1 Å².